The average Bonchev–Trinajstić information content (AvgIpc) is 3.10. The van der Waals surface area contributed by atoms with Crippen LogP contribution in [0, 0.1) is 0 Å². The minimum atomic E-state index is 0.476. The highest BCUT2D eigenvalue weighted by Crippen LogP contribution is 2.27. The summed E-state index contributed by atoms with van der Waals surface area (Å²) in [6, 6.07) is 8.32. The number of benzene rings is 1. The van der Waals surface area contributed by atoms with Crippen molar-refractivity contribution < 1.29 is 9.53 Å². The van der Waals surface area contributed by atoms with Crippen LogP contribution in [0.2, 0.25) is 0 Å². The molecule has 0 bridgehead atoms. The molecule has 1 saturated carbocycles. The Morgan fingerprint density at radius 3 is 2.53 bits per heavy atom. The summed E-state index contributed by atoms with van der Waals surface area (Å²) >= 11 is 0. The smallest absolute Gasteiger partial charge is 0.210 e. The number of hydrogen-bond donors (Lipinski definition) is 0. The number of ether oxygens (including phenoxy) is 1. The summed E-state index contributed by atoms with van der Waals surface area (Å²) in [5, 5.41) is 0. The van der Waals surface area contributed by atoms with Crippen LogP contribution in [-0.4, -0.2) is 24.5 Å². The molecule has 0 radical (unpaired) electrons. The highest BCUT2D eigenvalue weighted by atomic mass is 16.5. The SMILES string of the molecule is COc1ccc(CN(C=O)C2CC2)cc1. The van der Waals surface area contributed by atoms with Crippen LogP contribution in [0.3, 0.4) is 0 Å². The summed E-state index contributed by atoms with van der Waals surface area (Å²) in [6.07, 6.45) is 3.24. The molecule has 0 aromatic heterocycles. The van der Waals surface area contributed by atoms with E-state index in [1.165, 1.54) is 0 Å². The first-order valence-electron chi connectivity index (χ1n) is 5.17. The summed E-state index contributed by atoms with van der Waals surface area (Å²) in [7, 11) is 1.65. The fourth-order valence-corrected chi connectivity index (χ4v) is 1.60. The van der Waals surface area contributed by atoms with Gasteiger partial charge in [0.25, 0.3) is 0 Å². The Hall–Kier alpha value is -1.51. The van der Waals surface area contributed by atoms with Crippen LogP contribution >= 0.6 is 0 Å². The van der Waals surface area contributed by atoms with Crippen molar-refractivity contribution in [1.29, 1.82) is 0 Å². The lowest BCUT2D eigenvalue weighted by Crippen LogP contribution is -2.23. The van der Waals surface area contributed by atoms with Gasteiger partial charge in [0.1, 0.15) is 5.75 Å². The molecule has 0 spiro atoms. The maximum atomic E-state index is 10.8. The molecule has 0 N–H and O–H groups in total. The van der Waals surface area contributed by atoms with Crippen LogP contribution in [0.15, 0.2) is 24.3 Å². The van der Waals surface area contributed by atoms with E-state index in [4.69, 9.17) is 4.74 Å². The van der Waals surface area contributed by atoms with E-state index < -0.39 is 0 Å². The maximum Gasteiger partial charge on any atom is 0.210 e. The van der Waals surface area contributed by atoms with E-state index in [1.807, 2.05) is 29.2 Å². The Labute approximate surface area is 89.7 Å². The maximum absolute atomic E-state index is 10.8. The fraction of sp³-hybridized carbons (Fsp3) is 0.417. The molecular weight excluding hydrogens is 190 g/mol. The van der Waals surface area contributed by atoms with Gasteiger partial charge in [-0.25, -0.2) is 0 Å². The summed E-state index contributed by atoms with van der Waals surface area (Å²) in [4.78, 5) is 12.7. The normalized spacial score (nSPS) is 14.7. The lowest BCUT2D eigenvalue weighted by Gasteiger charge is -2.16. The zero-order chi connectivity index (χ0) is 10.7. The highest BCUT2D eigenvalue weighted by molar-refractivity contribution is 5.49. The van der Waals surface area contributed by atoms with E-state index in [2.05, 4.69) is 0 Å². The topological polar surface area (TPSA) is 29.5 Å². The van der Waals surface area contributed by atoms with Gasteiger partial charge in [-0.1, -0.05) is 12.1 Å². The summed E-state index contributed by atoms with van der Waals surface area (Å²) in [5.41, 5.74) is 1.15. The quantitative estimate of drug-likeness (QED) is 0.686. The molecule has 3 heteroatoms. The van der Waals surface area contributed by atoms with Crippen molar-refractivity contribution in [2.45, 2.75) is 25.4 Å². The van der Waals surface area contributed by atoms with Gasteiger partial charge in [0, 0.05) is 12.6 Å². The second-order valence-electron chi connectivity index (χ2n) is 3.86. The molecule has 1 amide bonds. The van der Waals surface area contributed by atoms with Crippen molar-refractivity contribution >= 4 is 6.41 Å². The number of rotatable bonds is 5. The number of hydrogen-bond acceptors (Lipinski definition) is 2. The molecule has 1 aliphatic carbocycles. The molecule has 3 nitrogen and oxygen atoms in total. The largest absolute Gasteiger partial charge is 0.497 e. The van der Waals surface area contributed by atoms with E-state index >= 15 is 0 Å². The fourth-order valence-electron chi connectivity index (χ4n) is 1.60. The second kappa shape index (κ2) is 4.34. The molecule has 0 atom stereocenters. The van der Waals surface area contributed by atoms with Gasteiger partial charge in [-0.3, -0.25) is 4.79 Å². The molecule has 0 aliphatic heterocycles. The summed E-state index contributed by atoms with van der Waals surface area (Å²) < 4.78 is 5.08. The molecule has 15 heavy (non-hydrogen) atoms. The van der Waals surface area contributed by atoms with Crippen LogP contribution in [0.5, 0.6) is 5.75 Å². The van der Waals surface area contributed by atoms with E-state index in [9.17, 15) is 4.79 Å². The van der Waals surface area contributed by atoms with Crippen LogP contribution in [0.4, 0.5) is 0 Å². The molecule has 1 aromatic carbocycles. The van der Waals surface area contributed by atoms with Crippen LogP contribution in [0.25, 0.3) is 0 Å². The van der Waals surface area contributed by atoms with Crippen molar-refractivity contribution in [2.24, 2.45) is 0 Å². The van der Waals surface area contributed by atoms with E-state index in [-0.39, 0.29) is 0 Å². The first kappa shape index (κ1) is 10.0. The molecular formula is C12H15NO2. The predicted molar refractivity (Wildman–Crippen MR) is 57.6 cm³/mol. The minimum Gasteiger partial charge on any atom is -0.497 e. The molecule has 0 saturated heterocycles. The number of carbonyl (C=O) groups is 1. The number of amides is 1. The molecule has 1 aliphatic rings. The number of methoxy groups -OCH3 is 1. The monoisotopic (exact) mass is 205 g/mol. The van der Waals surface area contributed by atoms with Gasteiger partial charge in [0.05, 0.1) is 7.11 Å². The summed E-state index contributed by atoms with van der Waals surface area (Å²) in [5.74, 6) is 0.850. The van der Waals surface area contributed by atoms with Crippen molar-refractivity contribution in [3.8, 4) is 5.75 Å². The zero-order valence-corrected chi connectivity index (χ0v) is 8.85. The minimum absolute atomic E-state index is 0.476. The molecule has 2 rings (SSSR count). The van der Waals surface area contributed by atoms with Crippen molar-refractivity contribution in [3.05, 3.63) is 29.8 Å². The Balaban J connectivity index is 1.99. The van der Waals surface area contributed by atoms with Crippen molar-refractivity contribution in [1.82, 2.24) is 4.90 Å². The first-order chi connectivity index (χ1) is 7.33. The average molecular weight is 205 g/mol. The first-order valence-corrected chi connectivity index (χ1v) is 5.17. The standard InChI is InChI=1S/C12H15NO2/c1-15-12-6-2-10(3-7-12)8-13(9-14)11-4-5-11/h2-3,6-7,9,11H,4-5,8H2,1H3. The zero-order valence-electron chi connectivity index (χ0n) is 8.85. The molecule has 80 valence electrons. The van der Waals surface area contributed by atoms with Crippen LogP contribution in [-0.2, 0) is 11.3 Å². The van der Waals surface area contributed by atoms with Crippen LogP contribution in [0.1, 0.15) is 18.4 Å². The van der Waals surface area contributed by atoms with Gasteiger partial charge in [-0.2, -0.15) is 0 Å². The van der Waals surface area contributed by atoms with Gasteiger partial charge in [0.15, 0.2) is 0 Å². The Bertz CT molecular complexity index is 330. The van der Waals surface area contributed by atoms with Crippen molar-refractivity contribution in [3.63, 3.8) is 0 Å². The number of nitrogens with zero attached hydrogens (tertiary/aromatic N) is 1. The van der Waals surface area contributed by atoms with Gasteiger partial charge in [-0.15, -0.1) is 0 Å². The molecule has 0 unspecified atom stereocenters. The Kier molecular flexibility index (Phi) is 2.90. The second-order valence-corrected chi connectivity index (χ2v) is 3.86. The predicted octanol–water partition coefficient (Wildman–Crippen LogP) is 1.82. The lowest BCUT2D eigenvalue weighted by atomic mass is 10.2. The molecule has 0 heterocycles. The van der Waals surface area contributed by atoms with Gasteiger partial charge < -0.3 is 9.64 Å². The molecule has 1 fully saturated rings. The Morgan fingerprint density at radius 1 is 1.40 bits per heavy atom. The number of carbonyl (C=O) groups excluding carboxylic acids is 1. The van der Waals surface area contributed by atoms with Gasteiger partial charge >= 0.3 is 0 Å². The van der Waals surface area contributed by atoms with E-state index in [0.717, 1.165) is 30.6 Å². The third-order valence-electron chi connectivity index (χ3n) is 2.68. The van der Waals surface area contributed by atoms with E-state index in [1.54, 1.807) is 7.11 Å². The highest BCUT2D eigenvalue weighted by Gasteiger charge is 2.27. The summed E-state index contributed by atoms with van der Waals surface area (Å²) in [6.45, 7) is 0.707. The van der Waals surface area contributed by atoms with Gasteiger partial charge in [0.2, 0.25) is 6.41 Å². The lowest BCUT2D eigenvalue weighted by molar-refractivity contribution is -0.119. The third-order valence-corrected chi connectivity index (χ3v) is 2.68. The Morgan fingerprint density at radius 2 is 2.07 bits per heavy atom. The third kappa shape index (κ3) is 2.49. The van der Waals surface area contributed by atoms with E-state index in [0.29, 0.717) is 12.6 Å². The van der Waals surface area contributed by atoms with Gasteiger partial charge in [-0.05, 0) is 30.5 Å². The molecule has 1 aromatic rings. The van der Waals surface area contributed by atoms with Crippen molar-refractivity contribution in [2.75, 3.05) is 7.11 Å². The van der Waals surface area contributed by atoms with Crippen LogP contribution < -0.4 is 4.74 Å².